The first-order valence-corrected chi connectivity index (χ1v) is 10.0. The summed E-state index contributed by atoms with van der Waals surface area (Å²) in [5, 5.41) is 6.27. The summed E-state index contributed by atoms with van der Waals surface area (Å²) >= 11 is 0. The van der Waals surface area contributed by atoms with Gasteiger partial charge in [-0.05, 0) is 30.5 Å². The molecule has 0 unspecified atom stereocenters. The van der Waals surface area contributed by atoms with Gasteiger partial charge in [0.1, 0.15) is 5.54 Å². The van der Waals surface area contributed by atoms with E-state index in [4.69, 9.17) is 11.5 Å². The van der Waals surface area contributed by atoms with Crippen LogP contribution in [0.1, 0.15) is 18.1 Å². The van der Waals surface area contributed by atoms with Crippen molar-refractivity contribution in [1.82, 2.24) is 15.6 Å². The van der Waals surface area contributed by atoms with Crippen LogP contribution in [0.25, 0.3) is 10.9 Å². The number of rotatable bonds is 9. The first kappa shape index (κ1) is 22.0. The van der Waals surface area contributed by atoms with Crippen molar-refractivity contribution in [2.24, 2.45) is 11.5 Å². The molecule has 3 amide bonds. The standard InChI is InChI=1S/C23H27N5O3/c1-23(22(31)27-14-20(25)29,12-15-7-3-2-4-8-15)28-21(30)18(24)11-16-13-26-19-10-6-5-9-17(16)19/h2-10,13,18,26H,11-12,14,24H2,1H3,(H2,25,29)(H,27,31)(H,28,30)/t18-,23-/m0/s1. The highest BCUT2D eigenvalue weighted by molar-refractivity contribution is 5.95. The van der Waals surface area contributed by atoms with E-state index < -0.39 is 29.3 Å². The molecule has 0 saturated carbocycles. The monoisotopic (exact) mass is 421 g/mol. The molecule has 0 radical (unpaired) electrons. The van der Waals surface area contributed by atoms with E-state index in [0.29, 0.717) is 6.42 Å². The number of para-hydroxylation sites is 1. The van der Waals surface area contributed by atoms with Crippen molar-refractivity contribution < 1.29 is 14.4 Å². The fraction of sp³-hybridized carbons (Fsp3) is 0.261. The number of fused-ring (bicyclic) bond motifs is 1. The summed E-state index contributed by atoms with van der Waals surface area (Å²) in [5.74, 6) is -1.64. The lowest BCUT2D eigenvalue weighted by atomic mass is 9.90. The summed E-state index contributed by atoms with van der Waals surface area (Å²) < 4.78 is 0. The van der Waals surface area contributed by atoms with Gasteiger partial charge in [-0.1, -0.05) is 48.5 Å². The molecule has 0 saturated heterocycles. The van der Waals surface area contributed by atoms with Gasteiger partial charge in [0.15, 0.2) is 0 Å². The van der Waals surface area contributed by atoms with Crippen LogP contribution in [-0.4, -0.2) is 40.8 Å². The van der Waals surface area contributed by atoms with E-state index in [9.17, 15) is 14.4 Å². The molecule has 2 aromatic carbocycles. The minimum absolute atomic E-state index is 0.226. The third kappa shape index (κ3) is 5.49. The molecular formula is C23H27N5O3. The summed E-state index contributed by atoms with van der Waals surface area (Å²) in [6.07, 6.45) is 2.37. The highest BCUT2D eigenvalue weighted by atomic mass is 16.2. The first-order valence-electron chi connectivity index (χ1n) is 10.0. The number of aromatic nitrogens is 1. The van der Waals surface area contributed by atoms with E-state index >= 15 is 0 Å². The van der Waals surface area contributed by atoms with Crippen molar-refractivity contribution in [2.75, 3.05) is 6.54 Å². The zero-order chi connectivity index (χ0) is 22.4. The number of aromatic amines is 1. The molecule has 0 fully saturated rings. The molecule has 3 aromatic rings. The van der Waals surface area contributed by atoms with E-state index in [1.54, 1.807) is 6.92 Å². The minimum atomic E-state index is -1.31. The van der Waals surface area contributed by atoms with Gasteiger partial charge >= 0.3 is 0 Å². The third-order valence-corrected chi connectivity index (χ3v) is 5.18. The number of carbonyl (C=O) groups is 3. The van der Waals surface area contributed by atoms with Crippen LogP contribution < -0.4 is 22.1 Å². The second-order valence-electron chi connectivity index (χ2n) is 7.80. The molecule has 0 aliphatic heterocycles. The number of nitrogens with one attached hydrogen (secondary N) is 3. The topological polar surface area (TPSA) is 143 Å². The second kappa shape index (κ2) is 9.44. The van der Waals surface area contributed by atoms with Crippen molar-refractivity contribution in [2.45, 2.75) is 31.3 Å². The van der Waals surface area contributed by atoms with Gasteiger partial charge in [0.2, 0.25) is 17.7 Å². The lowest BCUT2D eigenvalue weighted by Gasteiger charge is -2.31. The normalized spacial score (nSPS) is 13.9. The number of H-pyrrole nitrogens is 1. The Balaban J connectivity index is 1.76. The van der Waals surface area contributed by atoms with Crippen LogP contribution in [0.4, 0.5) is 0 Å². The Kier molecular flexibility index (Phi) is 6.71. The zero-order valence-electron chi connectivity index (χ0n) is 17.4. The van der Waals surface area contributed by atoms with E-state index in [1.807, 2.05) is 60.8 Å². The van der Waals surface area contributed by atoms with Crippen LogP contribution in [0.2, 0.25) is 0 Å². The minimum Gasteiger partial charge on any atom is -0.368 e. The average Bonchev–Trinajstić information content (AvgIpc) is 3.15. The Morgan fingerprint density at radius 3 is 2.45 bits per heavy atom. The second-order valence-corrected chi connectivity index (χ2v) is 7.80. The predicted molar refractivity (Wildman–Crippen MR) is 119 cm³/mol. The fourth-order valence-electron chi connectivity index (χ4n) is 3.54. The molecule has 31 heavy (non-hydrogen) atoms. The third-order valence-electron chi connectivity index (χ3n) is 5.18. The lowest BCUT2D eigenvalue weighted by molar-refractivity contribution is -0.134. The highest BCUT2D eigenvalue weighted by Gasteiger charge is 2.36. The van der Waals surface area contributed by atoms with Gasteiger partial charge in [-0.25, -0.2) is 0 Å². The number of primary amides is 1. The largest absolute Gasteiger partial charge is 0.368 e. The van der Waals surface area contributed by atoms with Gasteiger partial charge in [0, 0.05) is 23.5 Å². The van der Waals surface area contributed by atoms with Crippen molar-refractivity contribution in [3.05, 3.63) is 71.9 Å². The SMILES string of the molecule is C[C@@](Cc1ccccc1)(NC(=O)[C@@H](N)Cc1c[nH]c2ccccc12)C(=O)NCC(N)=O. The van der Waals surface area contributed by atoms with Crippen molar-refractivity contribution in [3.8, 4) is 0 Å². The molecule has 0 aliphatic carbocycles. The van der Waals surface area contributed by atoms with Gasteiger partial charge in [0.25, 0.3) is 0 Å². The first-order chi connectivity index (χ1) is 14.8. The van der Waals surface area contributed by atoms with Gasteiger partial charge in [-0.15, -0.1) is 0 Å². The number of carbonyl (C=O) groups excluding carboxylic acids is 3. The Labute approximate surface area is 180 Å². The maximum Gasteiger partial charge on any atom is 0.246 e. The maximum atomic E-state index is 12.9. The van der Waals surface area contributed by atoms with Gasteiger partial charge in [-0.3, -0.25) is 14.4 Å². The maximum absolute atomic E-state index is 12.9. The molecule has 2 atom stereocenters. The van der Waals surface area contributed by atoms with Crippen molar-refractivity contribution in [3.63, 3.8) is 0 Å². The summed E-state index contributed by atoms with van der Waals surface area (Å²) in [7, 11) is 0. The molecule has 0 aliphatic rings. The molecule has 8 heteroatoms. The lowest BCUT2D eigenvalue weighted by Crippen LogP contribution is -2.61. The smallest absolute Gasteiger partial charge is 0.246 e. The quantitative estimate of drug-likeness (QED) is 0.347. The van der Waals surface area contributed by atoms with Gasteiger partial charge in [-0.2, -0.15) is 0 Å². The molecule has 162 valence electrons. The Morgan fingerprint density at radius 2 is 1.74 bits per heavy atom. The summed E-state index contributed by atoms with van der Waals surface area (Å²) in [6.45, 7) is 1.28. The van der Waals surface area contributed by atoms with Crippen LogP contribution in [0.15, 0.2) is 60.8 Å². The highest BCUT2D eigenvalue weighted by Crippen LogP contribution is 2.19. The summed E-state index contributed by atoms with van der Waals surface area (Å²) in [6, 6.07) is 16.2. The molecule has 0 bridgehead atoms. The van der Waals surface area contributed by atoms with E-state index in [2.05, 4.69) is 15.6 Å². The molecule has 1 aromatic heterocycles. The Hall–Kier alpha value is -3.65. The zero-order valence-corrected chi connectivity index (χ0v) is 17.4. The van der Waals surface area contributed by atoms with E-state index in [0.717, 1.165) is 22.0 Å². The van der Waals surface area contributed by atoms with Crippen molar-refractivity contribution >= 4 is 28.6 Å². The van der Waals surface area contributed by atoms with E-state index in [1.165, 1.54) is 0 Å². The molecule has 7 N–H and O–H groups in total. The molecule has 1 heterocycles. The molecular weight excluding hydrogens is 394 g/mol. The molecule has 3 rings (SSSR count). The van der Waals surface area contributed by atoms with Crippen LogP contribution in [-0.2, 0) is 27.2 Å². The van der Waals surface area contributed by atoms with Crippen molar-refractivity contribution in [1.29, 1.82) is 0 Å². The number of amides is 3. The molecule has 8 nitrogen and oxygen atoms in total. The average molecular weight is 422 g/mol. The number of nitrogens with two attached hydrogens (primary N) is 2. The van der Waals surface area contributed by atoms with Crippen LogP contribution in [0.5, 0.6) is 0 Å². The Morgan fingerprint density at radius 1 is 1.06 bits per heavy atom. The van der Waals surface area contributed by atoms with E-state index in [-0.39, 0.29) is 13.0 Å². The van der Waals surface area contributed by atoms with Gasteiger partial charge in [0.05, 0.1) is 12.6 Å². The number of benzene rings is 2. The van der Waals surface area contributed by atoms with Gasteiger partial charge < -0.3 is 27.1 Å². The molecule has 0 spiro atoms. The van der Waals surface area contributed by atoms with Crippen LogP contribution in [0.3, 0.4) is 0 Å². The summed E-state index contributed by atoms with van der Waals surface area (Å²) in [4.78, 5) is 40.0. The van der Waals surface area contributed by atoms with Crippen LogP contribution >= 0.6 is 0 Å². The Bertz CT molecular complexity index is 1080. The fourth-order valence-corrected chi connectivity index (χ4v) is 3.54. The predicted octanol–water partition coefficient (Wildman–Crippen LogP) is 0.757. The number of hydrogen-bond acceptors (Lipinski definition) is 4. The number of hydrogen-bond donors (Lipinski definition) is 5. The summed E-state index contributed by atoms with van der Waals surface area (Å²) in [5.41, 5.74) is 12.8. The van der Waals surface area contributed by atoms with Crippen LogP contribution in [0, 0.1) is 0 Å².